The highest BCUT2D eigenvalue weighted by molar-refractivity contribution is 8.00. The third-order valence-electron chi connectivity index (χ3n) is 3.17. The van der Waals surface area contributed by atoms with Gasteiger partial charge in [-0.15, -0.1) is 0 Å². The van der Waals surface area contributed by atoms with E-state index in [1.807, 2.05) is 23.4 Å². The summed E-state index contributed by atoms with van der Waals surface area (Å²) in [5.41, 5.74) is 7.95. The van der Waals surface area contributed by atoms with Gasteiger partial charge < -0.3 is 10.6 Å². The predicted molar refractivity (Wildman–Crippen MR) is 75.8 cm³/mol. The van der Waals surface area contributed by atoms with Crippen LogP contribution in [0.25, 0.3) is 0 Å². The van der Waals surface area contributed by atoms with Crippen molar-refractivity contribution in [3.05, 3.63) is 5.69 Å². The summed E-state index contributed by atoms with van der Waals surface area (Å²) in [5, 5.41) is 4.49. The zero-order chi connectivity index (χ0) is 12.6. The van der Waals surface area contributed by atoms with Gasteiger partial charge in [0.25, 0.3) is 0 Å². The van der Waals surface area contributed by atoms with Gasteiger partial charge in [0, 0.05) is 30.1 Å². The minimum Gasteiger partial charge on any atom is -0.394 e. The Balaban J connectivity index is 2.33. The van der Waals surface area contributed by atoms with Gasteiger partial charge in [0.05, 0.1) is 11.4 Å². The molecule has 0 spiro atoms. The van der Waals surface area contributed by atoms with Gasteiger partial charge in [-0.2, -0.15) is 16.9 Å². The molecule has 1 aromatic heterocycles. The fraction of sp³-hybridized carbons (Fsp3) is 0.750. The van der Waals surface area contributed by atoms with Gasteiger partial charge >= 0.3 is 0 Å². The SMILES string of the molecule is CCn1nc(C)c(N)c1N1CCSC(C)(C)C1. The number of nitrogens with two attached hydrogens (primary N) is 1. The Bertz CT molecular complexity index is 411. The van der Waals surface area contributed by atoms with Crippen LogP contribution < -0.4 is 10.6 Å². The third-order valence-corrected chi connectivity index (χ3v) is 4.47. The molecule has 1 saturated heterocycles. The Morgan fingerprint density at radius 2 is 2.18 bits per heavy atom. The summed E-state index contributed by atoms with van der Waals surface area (Å²) in [6, 6.07) is 0. The molecule has 0 amide bonds. The first kappa shape index (κ1) is 12.6. The van der Waals surface area contributed by atoms with E-state index in [-0.39, 0.29) is 0 Å². The molecule has 2 N–H and O–H groups in total. The van der Waals surface area contributed by atoms with E-state index in [0.717, 1.165) is 42.6 Å². The van der Waals surface area contributed by atoms with Gasteiger partial charge in [0.1, 0.15) is 0 Å². The van der Waals surface area contributed by atoms with E-state index in [0.29, 0.717) is 4.75 Å². The first-order valence-electron chi connectivity index (χ1n) is 6.16. The molecule has 0 atom stereocenters. The average Bonchev–Trinajstić information content (AvgIpc) is 2.53. The van der Waals surface area contributed by atoms with Crippen molar-refractivity contribution < 1.29 is 0 Å². The first-order chi connectivity index (χ1) is 7.94. The second kappa shape index (κ2) is 4.44. The fourth-order valence-corrected chi connectivity index (χ4v) is 3.45. The predicted octanol–water partition coefficient (Wildman–Crippen LogP) is 2.13. The normalized spacial score (nSPS) is 19.6. The molecule has 2 heterocycles. The summed E-state index contributed by atoms with van der Waals surface area (Å²) in [7, 11) is 0. The van der Waals surface area contributed by atoms with Crippen LogP contribution in [0.2, 0.25) is 0 Å². The largest absolute Gasteiger partial charge is 0.394 e. The minimum atomic E-state index is 0.293. The Hall–Kier alpha value is -0.840. The number of nitrogen functional groups attached to an aromatic ring is 1. The Morgan fingerprint density at radius 3 is 2.76 bits per heavy atom. The van der Waals surface area contributed by atoms with E-state index in [4.69, 9.17) is 5.73 Å². The van der Waals surface area contributed by atoms with Crippen LogP contribution in [0.4, 0.5) is 11.5 Å². The molecular weight excluding hydrogens is 232 g/mol. The Morgan fingerprint density at radius 1 is 1.47 bits per heavy atom. The number of hydrogen-bond acceptors (Lipinski definition) is 4. The van der Waals surface area contributed by atoms with E-state index in [1.165, 1.54) is 0 Å². The molecule has 2 rings (SSSR count). The molecule has 1 fully saturated rings. The topological polar surface area (TPSA) is 47.1 Å². The van der Waals surface area contributed by atoms with Crippen LogP contribution in [0.5, 0.6) is 0 Å². The lowest BCUT2D eigenvalue weighted by molar-refractivity contribution is 0.595. The molecule has 0 bridgehead atoms. The van der Waals surface area contributed by atoms with E-state index in [1.54, 1.807) is 0 Å². The summed E-state index contributed by atoms with van der Waals surface area (Å²) < 4.78 is 2.32. The number of thioether (sulfide) groups is 1. The van der Waals surface area contributed by atoms with Crippen molar-refractivity contribution in [1.29, 1.82) is 0 Å². The number of hydrogen-bond donors (Lipinski definition) is 1. The smallest absolute Gasteiger partial charge is 0.150 e. The van der Waals surface area contributed by atoms with Crippen LogP contribution in [-0.4, -0.2) is 33.4 Å². The second-order valence-electron chi connectivity index (χ2n) is 5.17. The Kier molecular flexibility index (Phi) is 3.30. The molecule has 0 aliphatic carbocycles. The molecule has 0 saturated carbocycles. The number of rotatable bonds is 2. The number of aryl methyl sites for hydroxylation is 2. The number of aromatic nitrogens is 2. The van der Waals surface area contributed by atoms with Crippen LogP contribution in [0, 0.1) is 6.92 Å². The highest BCUT2D eigenvalue weighted by Gasteiger charge is 2.30. The summed E-state index contributed by atoms with van der Waals surface area (Å²) in [5.74, 6) is 2.26. The molecule has 1 aliphatic heterocycles. The van der Waals surface area contributed by atoms with Gasteiger partial charge in [-0.1, -0.05) is 0 Å². The van der Waals surface area contributed by atoms with Crippen molar-refractivity contribution in [1.82, 2.24) is 9.78 Å². The van der Waals surface area contributed by atoms with Gasteiger partial charge in [-0.05, 0) is 27.7 Å². The lowest BCUT2D eigenvalue weighted by Gasteiger charge is -2.39. The lowest BCUT2D eigenvalue weighted by atomic mass is 10.2. The maximum absolute atomic E-state index is 6.17. The fourth-order valence-electron chi connectivity index (χ4n) is 2.33. The highest BCUT2D eigenvalue weighted by atomic mass is 32.2. The number of nitrogens with zero attached hydrogens (tertiary/aromatic N) is 3. The van der Waals surface area contributed by atoms with Crippen molar-refractivity contribution in [3.63, 3.8) is 0 Å². The van der Waals surface area contributed by atoms with Crippen LogP contribution >= 0.6 is 11.8 Å². The summed E-state index contributed by atoms with van der Waals surface area (Å²) in [6.07, 6.45) is 0. The first-order valence-corrected chi connectivity index (χ1v) is 7.15. The molecule has 0 aromatic carbocycles. The van der Waals surface area contributed by atoms with Gasteiger partial charge in [-0.25, -0.2) is 4.68 Å². The number of anilines is 2. The Labute approximate surface area is 108 Å². The van der Waals surface area contributed by atoms with Crippen LogP contribution in [0.15, 0.2) is 0 Å². The molecule has 1 aromatic rings. The molecule has 96 valence electrons. The zero-order valence-corrected chi connectivity index (χ0v) is 12.0. The van der Waals surface area contributed by atoms with Gasteiger partial charge in [-0.3, -0.25) is 0 Å². The lowest BCUT2D eigenvalue weighted by Crippen LogP contribution is -2.44. The van der Waals surface area contributed by atoms with E-state index >= 15 is 0 Å². The van der Waals surface area contributed by atoms with E-state index in [2.05, 4.69) is 30.8 Å². The maximum Gasteiger partial charge on any atom is 0.150 e. The van der Waals surface area contributed by atoms with E-state index in [9.17, 15) is 0 Å². The third kappa shape index (κ3) is 2.39. The minimum absolute atomic E-state index is 0.293. The molecular formula is C12H22N4S. The van der Waals surface area contributed by atoms with Gasteiger partial charge in [0.2, 0.25) is 0 Å². The van der Waals surface area contributed by atoms with Crippen LogP contribution in [0.3, 0.4) is 0 Å². The molecule has 17 heavy (non-hydrogen) atoms. The van der Waals surface area contributed by atoms with Crippen molar-refractivity contribution in [2.45, 2.75) is 39.0 Å². The summed E-state index contributed by atoms with van der Waals surface area (Å²) in [6.45, 7) is 11.6. The zero-order valence-electron chi connectivity index (χ0n) is 11.2. The maximum atomic E-state index is 6.17. The average molecular weight is 254 g/mol. The summed E-state index contributed by atoms with van der Waals surface area (Å²) in [4.78, 5) is 2.38. The van der Waals surface area contributed by atoms with Crippen molar-refractivity contribution in [3.8, 4) is 0 Å². The van der Waals surface area contributed by atoms with Crippen LogP contribution in [-0.2, 0) is 6.54 Å². The van der Waals surface area contributed by atoms with Crippen LogP contribution in [0.1, 0.15) is 26.5 Å². The molecule has 0 unspecified atom stereocenters. The quantitative estimate of drug-likeness (QED) is 0.878. The highest BCUT2D eigenvalue weighted by Crippen LogP contribution is 2.35. The van der Waals surface area contributed by atoms with Crippen molar-refractivity contribution >= 4 is 23.3 Å². The van der Waals surface area contributed by atoms with Gasteiger partial charge in [0.15, 0.2) is 5.82 Å². The standard InChI is InChI=1S/C12H22N4S/c1-5-16-11(10(13)9(2)14-16)15-6-7-17-12(3,4)8-15/h5-8,13H2,1-4H3. The molecule has 5 heteroatoms. The van der Waals surface area contributed by atoms with E-state index < -0.39 is 0 Å². The second-order valence-corrected chi connectivity index (χ2v) is 6.97. The van der Waals surface area contributed by atoms with Crippen molar-refractivity contribution in [2.24, 2.45) is 0 Å². The summed E-state index contributed by atoms with van der Waals surface area (Å²) >= 11 is 2.03. The molecule has 4 nitrogen and oxygen atoms in total. The van der Waals surface area contributed by atoms with Crippen molar-refractivity contribution in [2.75, 3.05) is 29.5 Å². The molecule has 1 aliphatic rings. The molecule has 0 radical (unpaired) electrons. The monoisotopic (exact) mass is 254 g/mol.